The minimum Gasteiger partial charge on any atom is -0.440 e. The molecule has 7 heteroatoms. The molecule has 28 heavy (non-hydrogen) atoms. The van der Waals surface area contributed by atoms with E-state index in [1.54, 1.807) is 25.3 Å². The average molecular weight is 393 g/mol. The smallest absolute Gasteiger partial charge is 0.280 e. The molecule has 0 bridgehead atoms. The van der Waals surface area contributed by atoms with Crippen molar-refractivity contribution in [3.63, 3.8) is 0 Å². The molecule has 4 rings (SSSR count). The first-order valence-electron chi connectivity index (χ1n) is 8.60. The maximum Gasteiger partial charge on any atom is 0.280 e. The zero-order valence-electron chi connectivity index (χ0n) is 15.0. The van der Waals surface area contributed by atoms with Gasteiger partial charge >= 0.3 is 0 Å². The second kappa shape index (κ2) is 7.74. The quantitative estimate of drug-likeness (QED) is 0.474. The summed E-state index contributed by atoms with van der Waals surface area (Å²) in [4.78, 5) is 24.4. The fraction of sp³-hybridized carbons (Fsp3) is 0.0952. The number of carbonyl (C=O) groups excluding carboxylic acids is 1. The molecule has 5 nitrogen and oxygen atoms in total. The Kier molecular flexibility index (Phi) is 4.99. The van der Waals surface area contributed by atoms with Gasteiger partial charge in [-0.05, 0) is 54.8 Å². The summed E-state index contributed by atoms with van der Waals surface area (Å²) in [5, 5.41) is 1.92. The molecule has 0 fully saturated rings. The molecule has 0 spiro atoms. The first kappa shape index (κ1) is 18.1. The summed E-state index contributed by atoms with van der Waals surface area (Å²) >= 11 is 1.49. The van der Waals surface area contributed by atoms with Gasteiger partial charge in [0.25, 0.3) is 5.91 Å². The van der Waals surface area contributed by atoms with Crippen molar-refractivity contribution in [2.24, 2.45) is 0 Å². The van der Waals surface area contributed by atoms with Crippen LogP contribution in [0.15, 0.2) is 70.6 Å². The van der Waals surface area contributed by atoms with Crippen molar-refractivity contribution in [1.29, 1.82) is 0 Å². The SMILES string of the molecule is Cc1oc(-c2cccs2)nc1C(=O)N(Cc1ccccn1)c1ccc(F)cc1. The monoisotopic (exact) mass is 393 g/mol. The molecular weight excluding hydrogens is 377 g/mol. The first-order valence-corrected chi connectivity index (χ1v) is 9.48. The van der Waals surface area contributed by atoms with E-state index in [1.807, 2.05) is 35.7 Å². The number of benzene rings is 1. The molecule has 0 aliphatic heterocycles. The fourth-order valence-electron chi connectivity index (χ4n) is 2.78. The normalized spacial score (nSPS) is 10.8. The number of aryl methyl sites for hydroxylation is 1. The van der Waals surface area contributed by atoms with Gasteiger partial charge in [0.2, 0.25) is 5.89 Å². The highest BCUT2D eigenvalue weighted by molar-refractivity contribution is 7.13. The topological polar surface area (TPSA) is 59.2 Å². The largest absolute Gasteiger partial charge is 0.440 e. The minimum atomic E-state index is -0.369. The number of carbonyl (C=O) groups is 1. The number of halogens is 1. The van der Waals surface area contributed by atoms with E-state index in [0.717, 1.165) is 4.88 Å². The molecule has 3 aromatic heterocycles. The third-order valence-corrected chi connectivity index (χ3v) is 5.02. The summed E-state index contributed by atoms with van der Waals surface area (Å²) in [5.41, 5.74) is 1.49. The molecule has 0 aliphatic carbocycles. The molecule has 3 heterocycles. The number of aromatic nitrogens is 2. The van der Waals surface area contributed by atoms with Gasteiger partial charge in [0.05, 0.1) is 17.1 Å². The summed E-state index contributed by atoms with van der Waals surface area (Å²) in [7, 11) is 0. The minimum absolute atomic E-state index is 0.226. The van der Waals surface area contributed by atoms with Crippen molar-refractivity contribution < 1.29 is 13.6 Å². The molecule has 0 N–H and O–H groups in total. The van der Waals surface area contributed by atoms with Crippen LogP contribution in [0, 0.1) is 12.7 Å². The van der Waals surface area contributed by atoms with Crippen LogP contribution in [0.3, 0.4) is 0 Å². The van der Waals surface area contributed by atoms with Crippen molar-refractivity contribution in [3.05, 3.63) is 89.1 Å². The molecule has 140 valence electrons. The second-order valence-corrected chi connectivity index (χ2v) is 7.04. The van der Waals surface area contributed by atoms with E-state index in [-0.39, 0.29) is 24.0 Å². The first-order chi connectivity index (χ1) is 13.6. The van der Waals surface area contributed by atoms with Gasteiger partial charge in [-0.2, -0.15) is 0 Å². The lowest BCUT2D eigenvalue weighted by Crippen LogP contribution is -2.31. The molecule has 4 aromatic rings. The van der Waals surface area contributed by atoms with Crippen LogP contribution in [0.1, 0.15) is 21.9 Å². The number of nitrogens with zero attached hydrogens (tertiary/aromatic N) is 3. The predicted molar refractivity (Wildman–Crippen MR) is 106 cm³/mol. The molecule has 0 radical (unpaired) electrons. The van der Waals surface area contributed by atoms with Crippen LogP contribution in [-0.4, -0.2) is 15.9 Å². The van der Waals surface area contributed by atoms with Gasteiger partial charge in [0, 0.05) is 11.9 Å². The van der Waals surface area contributed by atoms with Gasteiger partial charge in [0.1, 0.15) is 11.6 Å². The van der Waals surface area contributed by atoms with E-state index in [4.69, 9.17) is 4.42 Å². The molecule has 0 unspecified atom stereocenters. The highest BCUT2D eigenvalue weighted by Crippen LogP contribution is 2.28. The molecule has 1 amide bonds. The number of hydrogen-bond acceptors (Lipinski definition) is 5. The van der Waals surface area contributed by atoms with Gasteiger partial charge < -0.3 is 9.32 Å². The van der Waals surface area contributed by atoms with Crippen LogP contribution >= 0.6 is 11.3 Å². The number of pyridine rings is 1. The summed E-state index contributed by atoms with van der Waals surface area (Å²) in [6, 6.07) is 15.0. The number of amides is 1. The van der Waals surface area contributed by atoms with Gasteiger partial charge in [-0.25, -0.2) is 9.37 Å². The zero-order valence-corrected chi connectivity index (χ0v) is 15.8. The second-order valence-electron chi connectivity index (χ2n) is 6.09. The van der Waals surface area contributed by atoms with Crippen molar-refractivity contribution in [2.45, 2.75) is 13.5 Å². The number of thiophene rings is 1. The molecule has 0 aliphatic rings. The molecule has 0 saturated carbocycles. The summed E-state index contributed by atoms with van der Waals surface area (Å²) in [5.74, 6) is 0.141. The lowest BCUT2D eigenvalue weighted by atomic mass is 10.2. The number of oxazole rings is 1. The van der Waals surface area contributed by atoms with Crippen LogP contribution in [0.2, 0.25) is 0 Å². The van der Waals surface area contributed by atoms with Gasteiger partial charge in [-0.1, -0.05) is 12.1 Å². The summed E-state index contributed by atoms with van der Waals surface area (Å²) in [6.07, 6.45) is 1.67. The zero-order chi connectivity index (χ0) is 19.5. The van der Waals surface area contributed by atoms with E-state index >= 15 is 0 Å². The Morgan fingerprint density at radius 2 is 1.96 bits per heavy atom. The van der Waals surface area contributed by atoms with Crippen molar-refractivity contribution >= 4 is 22.9 Å². The lowest BCUT2D eigenvalue weighted by Gasteiger charge is -2.21. The number of rotatable bonds is 5. The molecule has 1 aromatic carbocycles. The van der Waals surface area contributed by atoms with E-state index in [0.29, 0.717) is 23.0 Å². The predicted octanol–water partition coefficient (Wildman–Crippen LogP) is 5.09. The third kappa shape index (κ3) is 3.70. The maximum absolute atomic E-state index is 13.4. The number of hydrogen-bond donors (Lipinski definition) is 0. The van der Waals surface area contributed by atoms with E-state index in [2.05, 4.69) is 9.97 Å². The number of anilines is 1. The standard InChI is InChI=1S/C21H16FN3O2S/c1-14-19(24-20(27-14)18-6-4-12-28-18)21(26)25(13-16-5-2-3-11-23-16)17-9-7-15(22)8-10-17/h2-12H,13H2,1H3. The third-order valence-electron chi connectivity index (χ3n) is 4.16. The Morgan fingerprint density at radius 1 is 1.14 bits per heavy atom. The van der Waals surface area contributed by atoms with Crippen LogP contribution in [-0.2, 0) is 6.54 Å². The average Bonchev–Trinajstić information content (AvgIpc) is 3.37. The molecule has 0 atom stereocenters. The maximum atomic E-state index is 13.4. The Labute approximate surface area is 165 Å². The van der Waals surface area contributed by atoms with Crippen molar-refractivity contribution in [1.82, 2.24) is 9.97 Å². The van der Waals surface area contributed by atoms with Crippen LogP contribution in [0.4, 0.5) is 10.1 Å². The highest BCUT2D eigenvalue weighted by atomic mass is 32.1. The van der Waals surface area contributed by atoms with Gasteiger partial charge in [-0.3, -0.25) is 9.78 Å². The van der Waals surface area contributed by atoms with Crippen LogP contribution in [0.25, 0.3) is 10.8 Å². The summed E-state index contributed by atoms with van der Waals surface area (Å²) in [6.45, 7) is 1.94. The van der Waals surface area contributed by atoms with Crippen LogP contribution in [0.5, 0.6) is 0 Å². The summed E-state index contributed by atoms with van der Waals surface area (Å²) < 4.78 is 19.1. The van der Waals surface area contributed by atoms with Crippen LogP contribution < -0.4 is 4.90 Å². The fourth-order valence-corrected chi connectivity index (χ4v) is 3.43. The Balaban J connectivity index is 1.71. The lowest BCUT2D eigenvalue weighted by molar-refractivity contribution is 0.0979. The molecule has 0 saturated heterocycles. The van der Waals surface area contributed by atoms with E-state index in [9.17, 15) is 9.18 Å². The van der Waals surface area contributed by atoms with E-state index in [1.165, 1.54) is 28.4 Å². The van der Waals surface area contributed by atoms with Crippen molar-refractivity contribution in [2.75, 3.05) is 4.90 Å². The van der Waals surface area contributed by atoms with Gasteiger partial charge in [-0.15, -0.1) is 11.3 Å². The Morgan fingerprint density at radius 3 is 2.64 bits per heavy atom. The Bertz CT molecular complexity index is 1080. The highest BCUT2D eigenvalue weighted by Gasteiger charge is 2.25. The molecular formula is C21H16FN3O2S. The van der Waals surface area contributed by atoms with Gasteiger partial charge in [0.15, 0.2) is 5.69 Å². The van der Waals surface area contributed by atoms with E-state index < -0.39 is 0 Å². The van der Waals surface area contributed by atoms with Crippen molar-refractivity contribution in [3.8, 4) is 10.8 Å². The Hall–Kier alpha value is -3.32.